The maximum Gasteiger partial charge on any atom is 0.360 e. The van der Waals surface area contributed by atoms with Crippen molar-refractivity contribution in [3.63, 3.8) is 0 Å². The van der Waals surface area contributed by atoms with Crippen molar-refractivity contribution >= 4 is 5.97 Å². The maximum absolute atomic E-state index is 11.5. The van der Waals surface area contributed by atoms with E-state index in [1.54, 1.807) is 0 Å². The minimum Gasteiger partial charge on any atom is -0.501 e. The van der Waals surface area contributed by atoms with Crippen molar-refractivity contribution in [2.75, 3.05) is 20.2 Å². The number of nitrogens with one attached hydrogen (secondary N) is 2. The lowest BCUT2D eigenvalue weighted by molar-refractivity contribution is 0.0589. The molecule has 18 heavy (non-hydrogen) atoms. The molecule has 0 spiro atoms. The number of nitrogens with zero attached hydrogens (tertiary/aromatic N) is 1. The molecule has 0 saturated carbocycles. The van der Waals surface area contributed by atoms with Crippen LogP contribution in [0.4, 0.5) is 0 Å². The topological polar surface area (TPSA) is 104 Å². The van der Waals surface area contributed by atoms with Gasteiger partial charge >= 0.3 is 5.97 Å². The highest BCUT2D eigenvalue weighted by molar-refractivity contribution is 5.89. The number of carbonyl (C=O) groups is 1. The number of H-pyrrole nitrogens is 1. The number of carbonyl (C=O) groups excluding carboxylic acids is 1. The summed E-state index contributed by atoms with van der Waals surface area (Å²) in [6.07, 6.45) is 1.85. The molecule has 1 aliphatic rings. The molecule has 3 N–H and O–H groups in total. The number of methoxy groups -OCH3 is 1. The summed E-state index contributed by atoms with van der Waals surface area (Å²) >= 11 is 0. The van der Waals surface area contributed by atoms with Gasteiger partial charge in [-0.25, -0.2) is 9.78 Å². The number of piperidine rings is 1. The van der Waals surface area contributed by atoms with E-state index in [-0.39, 0.29) is 11.6 Å². The fourth-order valence-electron chi connectivity index (χ4n) is 2.00. The second-order valence-electron chi connectivity index (χ2n) is 4.18. The van der Waals surface area contributed by atoms with Crippen LogP contribution in [-0.4, -0.2) is 41.2 Å². The molecule has 2 rings (SSSR count). The summed E-state index contributed by atoms with van der Waals surface area (Å²) in [5, 5.41) is 12.7. The number of aromatic amines is 1. The van der Waals surface area contributed by atoms with Gasteiger partial charge in [0, 0.05) is 12.5 Å². The van der Waals surface area contributed by atoms with Gasteiger partial charge in [-0.2, -0.15) is 0 Å². The van der Waals surface area contributed by atoms with Crippen LogP contribution in [0.5, 0.6) is 5.75 Å². The van der Waals surface area contributed by atoms with Gasteiger partial charge in [0.1, 0.15) is 5.82 Å². The van der Waals surface area contributed by atoms with Crippen molar-refractivity contribution in [3.05, 3.63) is 21.9 Å². The van der Waals surface area contributed by atoms with Gasteiger partial charge in [-0.15, -0.1) is 0 Å². The van der Waals surface area contributed by atoms with E-state index in [0.717, 1.165) is 19.4 Å². The van der Waals surface area contributed by atoms with Crippen LogP contribution in [0, 0.1) is 0 Å². The third-order valence-electron chi connectivity index (χ3n) is 2.98. The van der Waals surface area contributed by atoms with E-state index in [9.17, 15) is 14.7 Å². The van der Waals surface area contributed by atoms with Crippen LogP contribution in [0.15, 0.2) is 4.79 Å². The van der Waals surface area contributed by atoms with Gasteiger partial charge in [0.15, 0.2) is 5.69 Å². The van der Waals surface area contributed by atoms with E-state index in [4.69, 9.17) is 0 Å². The molecule has 1 atom stereocenters. The molecule has 1 fully saturated rings. The monoisotopic (exact) mass is 253 g/mol. The Morgan fingerprint density at radius 2 is 2.33 bits per heavy atom. The van der Waals surface area contributed by atoms with Crippen molar-refractivity contribution in [1.82, 2.24) is 15.3 Å². The lowest BCUT2D eigenvalue weighted by Gasteiger charge is -2.22. The molecule has 7 nitrogen and oxygen atoms in total. The summed E-state index contributed by atoms with van der Waals surface area (Å²) in [6, 6.07) is 0. The van der Waals surface area contributed by atoms with E-state index in [1.807, 2.05) is 0 Å². The molecule has 0 aliphatic carbocycles. The lowest BCUT2D eigenvalue weighted by atomic mass is 9.99. The number of rotatable bonds is 2. The zero-order chi connectivity index (χ0) is 13.1. The molecule has 2 heterocycles. The molecule has 1 unspecified atom stereocenters. The van der Waals surface area contributed by atoms with Crippen LogP contribution >= 0.6 is 0 Å². The average molecular weight is 253 g/mol. The largest absolute Gasteiger partial charge is 0.501 e. The molecule has 98 valence electrons. The van der Waals surface area contributed by atoms with Gasteiger partial charge in [-0.1, -0.05) is 0 Å². The number of aromatic hydroxyl groups is 1. The second-order valence-corrected chi connectivity index (χ2v) is 4.18. The molecule has 0 bridgehead atoms. The highest BCUT2D eigenvalue weighted by Crippen LogP contribution is 2.21. The summed E-state index contributed by atoms with van der Waals surface area (Å²) in [5.41, 5.74) is -1.05. The Morgan fingerprint density at radius 1 is 1.56 bits per heavy atom. The van der Waals surface area contributed by atoms with Gasteiger partial charge in [-0.05, 0) is 19.4 Å². The van der Waals surface area contributed by atoms with E-state index in [1.165, 1.54) is 7.11 Å². The number of aromatic nitrogens is 2. The molecule has 1 aliphatic heterocycles. The third kappa shape index (κ3) is 2.35. The summed E-state index contributed by atoms with van der Waals surface area (Å²) in [5.74, 6) is -1.07. The van der Waals surface area contributed by atoms with E-state index < -0.39 is 17.3 Å². The first-order valence-electron chi connectivity index (χ1n) is 5.75. The SMILES string of the molecule is COC(=O)c1nc(C2CCCNC2)[nH]c(=O)c1O. The Kier molecular flexibility index (Phi) is 3.61. The lowest BCUT2D eigenvalue weighted by Crippen LogP contribution is -2.31. The predicted molar refractivity (Wildman–Crippen MR) is 62.7 cm³/mol. The molecule has 1 aromatic rings. The Morgan fingerprint density at radius 3 is 2.94 bits per heavy atom. The molecule has 0 radical (unpaired) electrons. The maximum atomic E-state index is 11.5. The van der Waals surface area contributed by atoms with Gasteiger partial charge in [0.25, 0.3) is 5.56 Å². The minimum atomic E-state index is -0.816. The highest BCUT2D eigenvalue weighted by atomic mass is 16.5. The van der Waals surface area contributed by atoms with Crippen LogP contribution in [0.3, 0.4) is 0 Å². The van der Waals surface area contributed by atoms with Crippen LogP contribution in [-0.2, 0) is 4.74 Å². The first-order valence-corrected chi connectivity index (χ1v) is 5.75. The quantitative estimate of drug-likeness (QED) is 0.627. The van der Waals surface area contributed by atoms with Crippen molar-refractivity contribution in [2.24, 2.45) is 0 Å². The van der Waals surface area contributed by atoms with Gasteiger partial charge in [0.2, 0.25) is 5.75 Å². The fourth-order valence-corrected chi connectivity index (χ4v) is 2.00. The van der Waals surface area contributed by atoms with Crippen LogP contribution in [0.25, 0.3) is 0 Å². The van der Waals surface area contributed by atoms with E-state index in [2.05, 4.69) is 20.0 Å². The fraction of sp³-hybridized carbons (Fsp3) is 0.545. The van der Waals surface area contributed by atoms with Crippen LogP contribution < -0.4 is 10.9 Å². The summed E-state index contributed by atoms with van der Waals surface area (Å²) in [4.78, 5) is 29.5. The molecular formula is C11H15N3O4. The first-order chi connectivity index (χ1) is 8.63. The van der Waals surface area contributed by atoms with Crippen LogP contribution in [0.1, 0.15) is 35.1 Å². The van der Waals surface area contributed by atoms with Gasteiger partial charge < -0.3 is 20.1 Å². The van der Waals surface area contributed by atoms with Crippen LogP contribution in [0.2, 0.25) is 0 Å². The Labute approximate surface area is 103 Å². The molecule has 0 amide bonds. The summed E-state index contributed by atoms with van der Waals surface area (Å²) < 4.78 is 4.48. The number of hydrogen-bond acceptors (Lipinski definition) is 6. The Balaban J connectivity index is 2.40. The molecule has 1 aromatic heterocycles. The Hall–Kier alpha value is -1.89. The van der Waals surface area contributed by atoms with E-state index in [0.29, 0.717) is 12.4 Å². The number of hydrogen-bond donors (Lipinski definition) is 3. The highest BCUT2D eigenvalue weighted by Gasteiger charge is 2.23. The summed E-state index contributed by atoms with van der Waals surface area (Å²) in [6.45, 7) is 1.62. The molecular weight excluding hydrogens is 238 g/mol. The summed E-state index contributed by atoms with van der Waals surface area (Å²) in [7, 11) is 1.17. The molecule has 1 saturated heterocycles. The first kappa shape index (κ1) is 12.6. The second kappa shape index (κ2) is 5.18. The van der Waals surface area contributed by atoms with Crippen molar-refractivity contribution in [1.29, 1.82) is 0 Å². The number of ether oxygens (including phenoxy) is 1. The van der Waals surface area contributed by atoms with E-state index >= 15 is 0 Å². The predicted octanol–water partition coefficient (Wildman–Crippen LogP) is -0.271. The smallest absolute Gasteiger partial charge is 0.360 e. The van der Waals surface area contributed by atoms with Crippen molar-refractivity contribution in [3.8, 4) is 5.75 Å². The normalized spacial score (nSPS) is 19.5. The zero-order valence-electron chi connectivity index (χ0n) is 10.0. The Bertz CT molecular complexity index is 506. The average Bonchev–Trinajstić information content (AvgIpc) is 2.41. The number of esters is 1. The molecule has 0 aromatic carbocycles. The van der Waals surface area contributed by atoms with Gasteiger partial charge in [0.05, 0.1) is 7.11 Å². The standard InChI is InChI=1S/C11H15N3O4/c1-18-11(17)7-8(15)10(16)14-9(13-7)6-3-2-4-12-5-6/h6,12,15H,2-5H2,1H3,(H,13,14,16). The van der Waals surface area contributed by atoms with Crippen molar-refractivity contribution < 1.29 is 14.6 Å². The minimum absolute atomic E-state index is 0.0375. The molecule has 7 heteroatoms. The van der Waals surface area contributed by atoms with Crippen molar-refractivity contribution in [2.45, 2.75) is 18.8 Å². The zero-order valence-corrected chi connectivity index (χ0v) is 10.0. The van der Waals surface area contributed by atoms with Gasteiger partial charge in [-0.3, -0.25) is 4.79 Å². The third-order valence-corrected chi connectivity index (χ3v) is 2.98.